The molecule has 0 fully saturated rings. The van der Waals surface area contributed by atoms with Crippen molar-refractivity contribution in [3.8, 4) is 5.75 Å². The van der Waals surface area contributed by atoms with Crippen LogP contribution in [0.5, 0.6) is 5.75 Å². The Balaban J connectivity index is 1.96. The molecule has 0 aliphatic heterocycles. The van der Waals surface area contributed by atoms with E-state index in [0.717, 1.165) is 30.2 Å². The van der Waals surface area contributed by atoms with Gasteiger partial charge in [-0.1, -0.05) is 12.1 Å². The second kappa shape index (κ2) is 5.11. The van der Waals surface area contributed by atoms with Crippen molar-refractivity contribution < 1.29 is 13.5 Å². The third kappa shape index (κ3) is 2.51. The number of fused-ring (bicyclic) bond motifs is 1. The number of ether oxygens (including phenoxy) is 1. The molecular formula is C17H17F2NO. The number of hydrogen-bond acceptors (Lipinski definition) is 2. The van der Waals surface area contributed by atoms with Crippen LogP contribution in [0.25, 0.3) is 0 Å². The van der Waals surface area contributed by atoms with Crippen LogP contribution in [0.4, 0.5) is 8.78 Å². The minimum atomic E-state index is -0.636. The molecule has 0 heterocycles. The van der Waals surface area contributed by atoms with Gasteiger partial charge in [-0.25, -0.2) is 8.78 Å². The summed E-state index contributed by atoms with van der Waals surface area (Å²) in [5.74, 6) is -0.378. The summed E-state index contributed by atoms with van der Waals surface area (Å²) in [5.41, 5.74) is 8.48. The Bertz CT molecular complexity index is 686. The van der Waals surface area contributed by atoms with Crippen molar-refractivity contribution in [2.45, 2.75) is 24.8 Å². The van der Waals surface area contributed by atoms with Crippen molar-refractivity contribution >= 4 is 0 Å². The summed E-state index contributed by atoms with van der Waals surface area (Å²) < 4.78 is 32.1. The molecule has 0 radical (unpaired) electrons. The van der Waals surface area contributed by atoms with Gasteiger partial charge in [0, 0.05) is 11.6 Å². The van der Waals surface area contributed by atoms with E-state index in [2.05, 4.69) is 0 Å². The molecular weight excluding hydrogens is 272 g/mol. The zero-order valence-corrected chi connectivity index (χ0v) is 11.8. The third-order valence-electron chi connectivity index (χ3n) is 4.21. The zero-order chi connectivity index (χ0) is 15.0. The topological polar surface area (TPSA) is 35.2 Å². The molecule has 0 bridgehead atoms. The second-order valence-electron chi connectivity index (χ2n) is 5.59. The van der Waals surface area contributed by atoms with Crippen LogP contribution in [0.3, 0.4) is 0 Å². The number of benzene rings is 2. The summed E-state index contributed by atoms with van der Waals surface area (Å²) in [5, 5.41) is 0. The van der Waals surface area contributed by atoms with Gasteiger partial charge in [-0.3, -0.25) is 0 Å². The molecule has 0 spiro atoms. The van der Waals surface area contributed by atoms with Gasteiger partial charge in [0.05, 0.1) is 7.11 Å². The lowest BCUT2D eigenvalue weighted by molar-refractivity contribution is 0.405. The largest absolute Gasteiger partial charge is 0.497 e. The van der Waals surface area contributed by atoms with Crippen molar-refractivity contribution in [3.63, 3.8) is 0 Å². The first-order valence-electron chi connectivity index (χ1n) is 6.92. The highest BCUT2D eigenvalue weighted by molar-refractivity contribution is 5.45. The number of rotatable bonds is 3. The van der Waals surface area contributed by atoms with Crippen LogP contribution in [0.15, 0.2) is 36.4 Å². The molecule has 0 aromatic heterocycles. The Morgan fingerprint density at radius 3 is 2.71 bits per heavy atom. The van der Waals surface area contributed by atoms with Crippen LogP contribution < -0.4 is 10.5 Å². The van der Waals surface area contributed by atoms with Gasteiger partial charge in [0.1, 0.15) is 17.4 Å². The lowest BCUT2D eigenvalue weighted by Crippen LogP contribution is -2.36. The number of hydrogen-bond donors (Lipinski definition) is 1. The van der Waals surface area contributed by atoms with Crippen LogP contribution in [0.1, 0.15) is 23.1 Å². The molecule has 0 saturated carbocycles. The van der Waals surface area contributed by atoms with Gasteiger partial charge in [-0.2, -0.15) is 0 Å². The van der Waals surface area contributed by atoms with E-state index in [1.54, 1.807) is 7.11 Å². The maximum absolute atomic E-state index is 13.9. The van der Waals surface area contributed by atoms with Crippen LogP contribution in [0.2, 0.25) is 0 Å². The average molecular weight is 289 g/mol. The van der Waals surface area contributed by atoms with Crippen LogP contribution >= 0.6 is 0 Å². The van der Waals surface area contributed by atoms with E-state index in [4.69, 9.17) is 10.5 Å². The predicted octanol–water partition coefficient (Wildman–Crippen LogP) is 3.32. The molecule has 2 N–H and O–H groups in total. The molecule has 4 heteroatoms. The van der Waals surface area contributed by atoms with Gasteiger partial charge in [0.25, 0.3) is 0 Å². The highest BCUT2D eigenvalue weighted by atomic mass is 19.1. The smallest absolute Gasteiger partial charge is 0.129 e. The van der Waals surface area contributed by atoms with E-state index in [9.17, 15) is 8.78 Å². The lowest BCUT2D eigenvalue weighted by Gasteiger charge is -2.26. The van der Waals surface area contributed by atoms with Gasteiger partial charge in [-0.15, -0.1) is 0 Å². The first kappa shape index (κ1) is 14.0. The lowest BCUT2D eigenvalue weighted by atomic mass is 9.86. The van der Waals surface area contributed by atoms with Gasteiger partial charge in [0.15, 0.2) is 0 Å². The maximum atomic E-state index is 13.9. The molecule has 2 aromatic rings. The number of halogens is 2. The van der Waals surface area contributed by atoms with E-state index >= 15 is 0 Å². The number of methoxy groups -OCH3 is 1. The summed E-state index contributed by atoms with van der Waals surface area (Å²) in [6.07, 6.45) is 1.95. The van der Waals surface area contributed by atoms with Crippen LogP contribution in [-0.2, 0) is 18.4 Å². The summed E-state index contributed by atoms with van der Waals surface area (Å²) in [6.45, 7) is 0. The van der Waals surface area contributed by atoms with Crippen LogP contribution in [0, 0.1) is 11.6 Å². The van der Waals surface area contributed by atoms with E-state index in [1.165, 1.54) is 17.7 Å². The van der Waals surface area contributed by atoms with Crippen molar-refractivity contribution in [2.24, 2.45) is 5.73 Å². The number of nitrogens with two attached hydrogens (primary N) is 1. The quantitative estimate of drug-likeness (QED) is 0.940. The Labute approximate surface area is 122 Å². The van der Waals surface area contributed by atoms with Gasteiger partial charge < -0.3 is 10.5 Å². The summed E-state index contributed by atoms with van der Waals surface area (Å²) in [6, 6.07) is 9.47. The summed E-state index contributed by atoms with van der Waals surface area (Å²) >= 11 is 0. The highest BCUT2D eigenvalue weighted by Crippen LogP contribution is 2.39. The minimum absolute atomic E-state index is 0.347. The van der Waals surface area contributed by atoms with Gasteiger partial charge in [0.2, 0.25) is 0 Å². The molecule has 2 aromatic carbocycles. The second-order valence-corrected chi connectivity index (χ2v) is 5.59. The molecule has 0 saturated heterocycles. The van der Waals surface area contributed by atoms with Crippen molar-refractivity contribution in [1.29, 1.82) is 0 Å². The SMILES string of the molecule is COc1ccc2c(c1)C(N)(Cc1ccc(F)cc1F)CC2. The molecule has 21 heavy (non-hydrogen) atoms. The Kier molecular flexibility index (Phi) is 3.41. The normalized spacial score (nSPS) is 20.4. The Morgan fingerprint density at radius 1 is 1.19 bits per heavy atom. The van der Waals surface area contributed by atoms with Gasteiger partial charge in [-0.05, 0) is 54.2 Å². The average Bonchev–Trinajstić information content (AvgIpc) is 2.79. The molecule has 1 aliphatic rings. The molecule has 3 rings (SSSR count). The number of aryl methyl sites for hydroxylation is 1. The van der Waals surface area contributed by atoms with E-state index in [0.29, 0.717) is 12.0 Å². The zero-order valence-electron chi connectivity index (χ0n) is 11.8. The Hall–Kier alpha value is -1.94. The van der Waals surface area contributed by atoms with Crippen molar-refractivity contribution in [1.82, 2.24) is 0 Å². The van der Waals surface area contributed by atoms with E-state index in [-0.39, 0.29) is 0 Å². The summed E-state index contributed by atoms with van der Waals surface area (Å²) in [4.78, 5) is 0. The van der Waals surface area contributed by atoms with Crippen molar-refractivity contribution in [3.05, 3.63) is 64.7 Å². The van der Waals surface area contributed by atoms with E-state index < -0.39 is 17.2 Å². The van der Waals surface area contributed by atoms with Gasteiger partial charge >= 0.3 is 0 Å². The first-order chi connectivity index (χ1) is 10.0. The Morgan fingerprint density at radius 2 is 2.00 bits per heavy atom. The highest BCUT2D eigenvalue weighted by Gasteiger charge is 2.36. The monoisotopic (exact) mass is 289 g/mol. The minimum Gasteiger partial charge on any atom is -0.497 e. The fourth-order valence-corrected chi connectivity index (χ4v) is 3.04. The molecule has 1 aliphatic carbocycles. The maximum Gasteiger partial charge on any atom is 0.129 e. The standard InChI is InChI=1S/C17H17F2NO/c1-21-14-5-3-11-6-7-17(20,15(11)9-14)10-12-2-4-13(18)8-16(12)19/h2-5,8-9H,6-7,10,20H2,1H3. The third-order valence-corrected chi connectivity index (χ3v) is 4.21. The first-order valence-corrected chi connectivity index (χ1v) is 6.92. The molecule has 2 nitrogen and oxygen atoms in total. The molecule has 1 atom stereocenters. The molecule has 1 unspecified atom stereocenters. The fourth-order valence-electron chi connectivity index (χ4n) is 3.04. The van der Waals surface area contributed by atoms with Crippen molar-refractivity contribution in [2.75, 3.05) is 7.11 Å². The fraction of sp³-hybridized carbons (Fsp3) is 0.294. The predicted molar refractivity (Wildman–Crippen MR) is 77.2 cm³/mol. The molecule has 0 amide bonds. The summed E-state index contributed by atoms with van der Waals surface area (Å²) in [7, 11) is 1.61. The molecule has 110 valence electrons. The van der Waals surface area contributed by atoms with Crippen LogP contribution in [-0.4, -0.2) is 7.11 Å². The van der Waals surface area contributed by atoms with E-state index in [1.807, 2.05) is 18.2 Å².